The van der Waals surface area contributed by atoms with E-state index in [4.69, 9.17) is 4.74 Å². The third kappa shape index (κ3) is 8.59. The Labute approximate surface area is 152 Å². The average Bonchev–Trinajstić information content (AvgIpc) is 2.66. The maximum atomic E-state index is 5.77. The highest BCUT2D eigenvalue weighted by molar-refractivity contribution is 5.46. The van der Waals surface area contributed by atoms with Crippen molar-refractivity contribution >= 4 is 5.69 Å². The first kappa shape index (κ1) is 19.3. The lowest BCUT2D eigenvalue weighted by molar-refractivity contribution is 0.305. The Balaban J connectivity index is 1.52. The molecule has 0 fully saturated rings. The SMILES string of the molecule is CCCCCCOc1ccc(NCCNCCc2ccccc2)cc1. The molecule has 0 unspecified atom stereocenters. The predicted molar refractivity (Wildman–Crippen MR) is 108 cm³/mol. The largest absolute Gasteiger partial charge is 0.494 e. The van der Waals surface area contributed by atoms with E-state index < -0.39 is 0 Å². The molecule has 2 aromatic carbocycles. The van der Waals surface area contributed by atoms with Gasteiger partial charge in [-0.2, -0.15) is 0 Å². The molecule has 3 nitrogen and oxygen atoms in total. The lowest BCUT2D eigenvalue weighted by Gasteiger charge is -2.10. The van der Waals surface area contributed by atoms with Crippen LogP contribution in [0.4, 0.5) is 5.69 Å². The van der Waals surface area contributed by atoms with Gasteiger partial charge in [0.05, 0.1) is 6.61 Å². The van der Waals surface area contributed by atoms with Crippen molar-refractivity contribution in [2.45, 2.75) is 39.0 Å². The zero-order valence-corrected chi connectivity index (χ0v) is 15.5. The summed E-state index contributed by atoms with van der Waals surface area (Å²) in [5.74, 6) is 0.961. The van der Waals surface area contributed by atoms with Gasteiger partial charge in [-0.15, -0.1) is 0 Å². The van der Waals surface area contributed by atoms with Crippen LogP contribution in [0.1, 0.15) is 38.2 Å². The van der Waals surface area contributed by atoms with Gasteiger partial charge in [0.1, 0.15) is 5.75 Å². The van der Waals surface area contributed by atoms with Gasteiger partial charge >= 0.3 is 0 Å². The van der Waals surface area contributed by atoms with E-state index in [0.29, 0.717) is 0 Å². The molecule has 0 spiro atoms. The third-order valence-corrected chi connectivity index (χ3v) is 4.19. The number of ether oxygens (including phenoxy) is 1. The number of unbranched alkanes of at least 4 members (excludes halogenated alkanes) is 3. The second-order valence-corrected chi connectivity index (χ2v) is 6.35. The summed E-state index contributed by atoms with van der Waals surface area (Å²) in [5, 5.41) is 6.91. The molecule has 0 atom stereocenters. The van der Waals surface area contributed by atoms with Crippen LogP contribution in [-0.4, -0.2) is 26.2 Å². The predicted octanol–water partition coefficient (Wildman–Crippen LogP) is 4.89. The van der Waals surface area contributed by atoms with Crippen LogP contribution in [0.2, 0.25) is 0 Å². The summed E-state index contributed by atoms with van der Waals surface area (Å²) in [6, 6.07) is 18.9. The van der Waals surface area contributed by atoms with Crippen molar-refractivity contribution in [2.24, 2.45) is 0 Å². The Kier molecular flexibility index (Phi) is 9.57. The average molecular weight is 341 g/mol. The van der Waals surface area contributed by atoms with E-state index in [1.165, 1.54) is 24.8 Å². The van der Waals surface area contributed by atoms with E-state index in [2.05, 4.69) is 60.0 Å². The number of nitrogens with one attached hydrogen (secondary N) is 2. The van der Waals surface area contributed by atoms with Gasteiger partial charge < -0.3 is 15.4 Å². The van der Waals surface area contributed by atoms with Crippen LogP contribution in [-0.2, 0) is 6.42 Å². The number of hydrogen-bond donors (Lipinski definition) is 2. The lowest BCUT2D eigenvalue weighted by Crippen LogP contribution is -2.24. The minimum Gasteiger partial charge on any atom is -0.494 e. The van der Waals surface area contributed by atoms with Gasteiger partial charge in [-0.05, 0) is 49.2 Å². The van der Waals surface area contributed by atoms with Crippen LogP contribution >= 0.6 is 0 Å². The van der Waals surface area contributed by atoms with E-state index in [9.17, 15) is 0 Å². The summed E-state index contributed by atoms with van der Waals surface area (Å²) in [4.78, 5) is 0. The standard InChI is InChI=1S/C22H32N2O/c1-2-3-4-8-19-25-22-13-11-21(12-14-22)24-18-17-23-16-15-20-9-6-5-7-10-20/h5-7,9-14,23-24H,2-4,8,15-19H2,1H3. The van der Waals surface area contributed by atoms with Crippen molar-refractivity contribution in [3.8, 4) is 5.75 Å². The number of hydrogen-bond acceptors (Lipinski definition) is 3. The van der Waals surface area contributed by atoms with E-state index in [0.717, 1.165) is 50.5 Å². The molecule has 0 aliphatic rings. The maximum Gasteiger partial charge on any atom is 0.119 e. The van der Waals surface area contributed by atoms with Gasteiger partial charge in [-0.1, -0.05) is 56.5 Å². The molecule has 3 heteroatoms. The monoisotopic (exact) mass is 340 g/mol. The molecule has 2 aromatic rings. The van der Waals surface area contributed by atoms with Gasteiger partial charge in [-0.3, -0.25) is 0 Å². The van der Waals surface area contributed by atoms with Crippen molar-refractivity contribution in [1.29, 1.82) is 0 Å². The summed E-state index contributed by atoms with van der Waals surface area (Å²) in [6.45, 7) is 5.94. The van der Waals surface area contributed by atoms with Crippen LogP contribution < -0.4 is 15.4 Å². The van der Waals surface area contributed by atoms with E-state index in [-0.39, 0.29) is 0 Å². The van der Waals surface area contributed by atoms with Crippen LogP contribution in [0.3, 0.4) is 0 Å². The van der Waals surface area contributed by atoms with Gasteiger partial charge in [0.15, 0.2) is 0 Å². The summed E-state index contributed by atoms with van der Waals surface area (Å²) in [7, 11) is 0. The molecule has 0 saturated carbocycles. The first-order valence-corrected chi connectivity index (χ1v) is 9.60. The summed E-state index contributed by atoms with van der Waals surface area (Å²) >= 11 is 0. The Morgan fingerprint density at radius 3 is 2.36 bits per heavy atom. The van der Waals surface area contributed by atoms with Gasteiger partial charge in [0, 0.05) is 18.8 Å². The molecule has 0 bridgehead atoms. The first-order valence-electron chi connectivity index (χ1n) is 9.60. The van der Waals surface area contributed by atoms with Gasteiger partial charge in [0.25, 0.3) is 0 Å². The minimum atomic E-state index is 0.818. The van der Waals surface area contributed by atoms with Crippen LogP contribution in [0.5, 0.6) is 5.75 Å². The highest BCUT2D eigenvalue weighted by Gasteiger charge is 1.96. The number of benzene rings is 2. The first-order chi connectivity index (χ1) is 12.4. The zero-order valence-electron chi connectivity index (χ0n) is 15.5. The fourth-order valence-electron chi connectivity index (χ4n) is 2.69. The lowest BCUT2D eigenvalue weighted by atomic mass is 10.1. The summed E-state index contributed by atoms with van der Waals surface area (Å²) < 4.78 is 5.77. The van der Waals surface area contributed by atoms with Crippen molar-refractivity contribution in [1.82, 2.24) is 5.32 Å². The molecular formula is C22H32N2O. The summed E-state index contributed by atoms with van der Waals surface area (Å²) in [5.41, 5.74) is 2.52. The highest BCUT2D eigenvalue weighted by Crippen LogP contribution is 2.16. The molecule has 2 N–H and O–H groups in total. The third-order valence-electron chi connectivity index (χ3n) is 4.19. The van der Waals surface area contributed by atoms with Crippen LogP contribution in [0, 0.1) is 0 Å². The smallest absolute Gasteiger partial charge is 0.119 e. The van der Waals surface area contributed by atoms with Crippen LogP contribution in [0.25, 0.3) is 0 Å². The van der Waals surface area contributed by atoms with Crippen molar-refractivity contribution in [3.63, 3.8) is 0 Å². The fraction of sp³-hybridized carbons (Fsp3) is 0.455. The molecule has 25 heavy (non-hydrogen) atoms. The molecule has 0 aliphatic heterocycles. The highest BCUT2D eigenvalue weighted by atomic mass is 16.5. The molecule has 0 aromatic heterocycles. The molecule has 0 heterocycles. The fourth-order valence-corrected chi connectivity index (χ4v) is 2.69. The summed E-state index contributed by atoms with van der Waals surface area (Å²) in [6.07, 6.45) is 6.04. The maximum absolute atomic E-state index is 5.77. The van der Waals surface area contributed by atoms with E-state index in [1.54, 1.807) is 0 Å². The molecule has 2 rings (SSSR count). The topological polar surface area (TPSA) is 33.3 Å². The molecular weight excluding hydrogens is 308 g/mol. The quantitative estimate of drug-likeness (QED) is 0.509. The van der Waals surface area contributed by atoms with E-state index in [1.807, 2.05) is 12.1 Å². The van der Waals surface area contributed by atoms with Gasteiger partial charge in [0.2, 0.25) is 0 Å². The van der Waals surface area contributed by atoms with Crippen molar-refractivity contribution < 1.29 is 4.74 Å². The Morgan fingerprint density at radius 2 is 1.60 bits per heavy atom. The normalized spacial score (nSPS) is 10.6. The van der Waals surface area contributed by atoms with Crippen molar-refractivity contribution in [3.05, 3.63) is 60.2 Å². The molecule has 0 radical (unpaired) electrons. The Bertz CT molecular complexity index is 554. The second kappa shape index (κ2) is 12.4. The zero-order chi connectivity index (χ0) is 17.6. The molecule has 136 valence electrons. The van der Waals surface area contributed by atoms with Gasteiger partial charge in [-0.25, -0.2) is 0 Å². The number of rotatable bonds is 13. The Hall–Kier alpha value is -2.00. The Morgan fingerprint density at radius 1 is 0.800 bits per heavy atom. The molecule has 0 aliphatic carbocycles. The number of anilines is 1. The van der Waals surface area contributed by atoms with Crippen molar-refractivity contribution in [2.75, 3.05) is 31.6 Å². The van der Waals surface area contributed by atoms with Crippen LogP contribution in [0.15, 0.2) is 54.6 Å². The van der Waals surface area contributed by atoms with E-state index >= 15 is 0 Å². The molecule has 0 saturated heterocycles. The second-order valence-electron chi connectivity index (χ2n) is 6.35. The minimum absolute atomic E-state index is 0.818. The molecule has 0 amide bonds.